The number of amides is 1. The topological polar surface area (TPSA) is 51.3 Å². The number of carbonyl (C=O) groups excluding carboxylic acids is 1. The zero-order valence-corrected chi connectivity index (χ0v) is 12.6. The van der Waals surface area contributed by atoms with Crippen molar-refractivity contribution in [2.75, 3.05) is 12.8 Å². The van der Waals surface area contributed by atoms with Crippen LogP contribution in [-0.4, -0.2) is 22.4 Å². The Morgan fingerprint density at radius 1 is 1.55 bits per heavy atom. The fourth-order valence-electron chi connectivity index (χ4n) is 2.40. The third-order valence-electron chi connectivity index (χ3n) is 3.89. The highest BCUT2D eigenvalue weighted by molar-refractivity contribution is 7.10. The number of anilines is 1. The summed E-state index contributed by atoms with van der Waals surface area (Å²) in [6.07, 6.45) is 4.16. The Morgan fingerprint density at radius 2 is 2.30 bits per heavy atom. The molecule has 4 nitrogen and oxygen atoms in total. The number of aromatic nitrogens is 1. The minimum atomic E-state index is 0.0366. The lowest BCUT2D eigenvalue weighted by Crippen LogP contribution is -2.30. The van der Waals surface area contributed by atoms with Crippen molar-refractivity contribution in [1.82, 2.24) is 9.47 Å². The molecule has 0 bridgehead atoms. The smallest absolute Gasteiger partial charge is 0.270 e. The van der Waals surface area contributed by atoms with Crippen molar-refractivity contribution in [2.24, 2.45) is 0 Å². The molecule has 2 N–H and O–H groups in total. The molecule has 2 aromatic heterocycles. The molecule has 1 fully saturated rings. The Labute approximate surface area is 122 Å². The van der Waals surface area contributed by atoms with Crippen LogP contribution in [0.1, 0.15) is 47.2 Å². The predicted molar refractivity (Wildman–Crippen MR) is 81.9 cm³/mol. The molecule has 3 rings (SSSR count). The number of thiophene rings is 1. The highest BCUT2D eigenvalue weighted by Crippen LogP contribution is 2.37. The molecule has 1 saturated carbocycles. The van der Waals surface area contributed by atoms with Gasteiger partial charge in [0.25, 0.3) is 5.91 Å². The fraction of sp³-hybridized carbons (Fsp3) is 0.400. The van der Waals surface area contributed by atoms with Gasteiger partial charge < -0.3 is 15.2 Å². The summed E-state index contributed by atoms with van der Waals surface area (Å²) in [6.45, 7) is 2.05. The normalized spacial score (nSPS) is 16.1. The van der Waals surface area contributed by atoms with Crippen molar-refractivity contribution >= 4 is 22.9 Å². The molecule has 1 atom stereocenters. The largest absolute Gasteiger partial charge is 0.397 e. The standard InChI is InChI=1S/C15H19N3OS/c1-10(14-4-3-7-20-14)17(2)15(19)13-8-11(16)9-18(13)12-5-6-12/h3-4,7-10,12H,5-6,16H2,1-2H3. The summed E-state index contributed by atoms with van der Waals surface area (Å²) in [4.78, 5) is 15.7. The SMILES string of the molecule is CC(c1cccs1)N(C)C(=O)c1cc(N)cn1C1CC1. The van der Waals surface area contributed by atoms with Crippen molar-refractivity contribution in [3.05, 3.63) is 40.3 Å². The second-order valence-electron chi connectivity index (χ2n) is 5.40. The first kappa shape index (κ1) is 13.2. The summed E-state index contributed by atoms with van der Waals surface area (Å²) in [7, 11) is 1.85. The van der Waals surface area contributed by atoms with E-state index in [1.807, 2.05) is 29.3 Å². The van der Waals surface area contributed by atoms with Gasteiger partial charge in [0.2, 0.25) is 0 Å². The van der Waals surface area contributed by atoms with Gasteiger partial charge in [-0.15, -0.1) is 11.3 Å². The molecule has 1 unspecified atom stereocenters. The summed E-state index contributed by atoms with van der Waals surface area (Å²) in [5.41, 5.74) is 7.23. The van der Waals surface area contributed by atoms with Crippen LogP contribution < -0.4 is 5.73 Å². The van der Waals surface area contributed by atoms with Gasteiger partial charge in [-0.25, -0.2) is 0 Å². The molecule has 0 aliphatic heterocycles. The first-order valence-electron chi connectivity index (χ1n) is 6.86. The number of hydrogen-bond donors (Lipinski definition) is 1. The average Bonchev–Trinajstić information content (AvgIpc) is 2.99. The Morgan fingerprint density at radius 3 is 2.90 bits per heavy atom. The maximum atomic E-state index is 12.7. The molecule has 1 aliphatic carbocycles. The molecule has 5 heteroatoms. The van der Waals surface area contributed by atoms with Gasteiger partial charge in [0.15, 0.2) is 0 Å². The molecule has 0 spiro atoms. The van der Waals surface area contributed by atoms with Gasteiger partial charge in [-0.2, -0.15) is 0 Å². The van der Waals surface area contributed by atoms with Gasteiger partial charge in [0, 0.05) is 24.2 Å². The van der Waals surface area contributed by atoms with E-state index in [4.69, 9.17) is 5.73 Å². The number of nitrogens with two attached hydrogens (primary N) is 1. The van der Waals surface area contributed by atoms with Crippen molar-refractivity contribution in [3.8, 4) is 0 Å². The van der Waals surface area contributed by atoms with E-state index >= 15 is 0 Å². The molecule has 20 heavy (non-hydrogen) atoms. The lowest BCUT2D eigenvalue weighted by atomic mass is 10.2. The van der Waals surface area contributed by atoms with E-state index in [1.54, 1.807) is 22.3 Å². The molecule has 2 aromatic rings. The fourth-order valence-corrected chi connectivity index (χ4v) is 3.23. The number of nitrogen functional groups attached to an aromatic ring is 1. The van der Waals surface area contributed by atoms with E-state index in [9.17, 15) is 4.79 Å². The highest BCUT2D eigenvalue weighted by atomic mass is 32.1. The van der Waals surface area contributed by atoms with Crippen LogP contribution in [-0.2, 0) is 0 Å². The molecule has 2 heterocycles. The molecular weight excluding hydrogens is 270 g/mol. The van der Waals surface area contributed by atoms with Crippen LogP contribution in [0.3, 0.4) is 0 Å². The molecule has 0 saturated heterocycles. The summed E-state index contributed by atoms with van der Waals surface area (Å²) in [6, 6.07) is 6.40. The Kier molecular flexibility index (Phi) is 3.30. The Bertz CT molecular complexity index is 613. The average molecular weight is 289 g/mol. The van der Waals surface area contributed by atoms with Crippen molar-refractivity contribution in [3.63, 3.8) is 0 Å². The third kappa shape index (κ3) is 2.33. The van der Waals surface area contributed by atoms with Gasteiger partial charge in [-0.3, -0.25) is 4.79 Å². The lowest BCUT2D eigenvalue weighted by molar-refractivity contribution is 0.0734. The van der Waals surface area contributed by atoms with Gasteiger partial charge >= 0.3 is 0 Å². The highest BCUT2D eigenvalue weighted by Gasteiger charge is 2.30. The zero-order chi connectivity index (χ0) is 14.3. The van der Waals surface area contributed by atoms with Gasteiger partial charge in [-0.05, 0) is 37.3 Å². The van der Waals surface area contributed by atoms with E-state index < -0.39 is 0 Å². The molecule has 106 valence electrons. The third-order valence-corrected chi connectivity index (χ3v) is 4.93. The van der Waals surface area contributed by atoms with E-state index in [0.717, 1.165) is 12.8 Å². The van der Waals surface area contributed by atoms with Crippen LogP contribution >= 0.6 is 11.3 Å². The monoisotopic (exact) mass is 289 g/mol. The van der Waals surface area contributed by atoms with Crippen LogP contribution in [0.2, 0.25) is 0 Å². The van der Waals surface area contributed by atoms with E-state index in [-0.39, 0.29) is 11.9 Å². The first-order chi connectivity index (χ1) is 9.58. The van der Waals surface area contributed by atoms with Crippen LogP contribution in [0.15, 0.2) is 29.8 Å². The van der Waals surface area contributed by atoms with Crippen LogP contribution in [0.5, 0.6) is 0 Å². The number of nitrogens with zero attached hydrogens (tertiary/aromatic N) is 2. The Hall–Kier alpha value is -1.75. The minimum Gasteiger partial charge on any atom is -0.397 e. The van der Waals surface area contributed by atoms with E-state index in [0.29, 0.717) is 17.4 Å². The number of carbonyl (C=O) groups is 1. The first-order valence-corrected chi connectivity index (χ1v) is 7.74. The second kappa shape index (κ2) is 4.98. The lowest BCUT2D eigenvalue weighted by Gasteiger charge is -2.24. The van der Waals surface area contributed by atoms with Crippen LogP contribution in [0.4, 0.5) is 5.69 Å². The minimum absolute atomic E-state index is 0.0366. The van der Waals surface area contributed by atoms with E-state index in [1.165, 1.54) is 4.88 Å². The van der Waals surface area contributed by atoms with Crippen LogP contribution in [0, 0.1) is 0 Å². The summed E-state index contributed by atoms with van der Waals surface area (Å²) >= 11 is 1.67. The molecule has 0 radical (unpaired) electrons. The van der Waals surface area contributed by atoms with Crippen molar-refractivity contribution < 1.29 is 4.79 Å². The Balaban J connectivity index is 1.85. The van der Waals surface area contributed by atoms with Crippen molar-refractivity contribution in [1.29, 1.82) is 0 Å². The molecule has 1 amide bonds. The maximum Gasteiger partial charge on any atom is 0.270 e. The van der Waals surface area contributed by atoms with Gasteiger partial charge in [0.05, 0.1) is 11.7 Å². The summed E-state index contributed by atoms with van der Waals surface area (Å²) < 4.78 is 2.04. The summed E-state index contributed by atoms with van der Waals surface area (Å²) in [5.74, 6) is 0.0366. The van der Waals surface area contributed by atoms with E-state index in [2.05, 4.69) is 13.0 Å². The zero-order valence-electron chi connectivity index (χ0n) is 11.7. The second-order valence-corrected chi connectivity index (χ2v) is 6.38. The molecular formula is C15H19N3OS. The van der Waals surface area contributed by atoms with Crippen LogP contribution in [0.25, 0.3) is 0 Å². The molecule has 1 aliphatic rings. The maximum absolute atomic E-state index is 12.7. The van der Waals surface area contributed by atoms with Crippen molar-refractivity contribution in [2.45, 2.75) is 31.8 Å². The van der Waals surface area contributed by atoms with Gasteiger partial charge in [-0.1, -0.05) is 6.07 Å². The number of hydrogen-bond acceptors (Lipinski definition) is 3. The van der Waals surface area contributed by atoms with Gasteiger partial charge in [0.1, 0.15) is 5.69 Å². The predicted octanol–water partition coefficient (Wildman–Crippen LogP) is 3.30. The quantitative estimate of drug-likeness (QED) is 0.939. The molecule has 0 aromatic carbocycles. The summed E-state index contributed by atoms with van der Waals surface area (Å²) in [5, 5.41) is 2.04. The number of rotatable bonds is 4.